The summed E-state index contributed by atoms with van der Waals surface area (Å²) < 4.78 is 37.0. The van der Waals surface area contributed by atoms with Gasteiger partial charge in [0.2, 0.25) is 0 Å². The minimum atomic E-state index is -4.02. The Balaban J connectivity index is 2.60. The summed E-state index contributed by atoms with van der Waals surface area (Å²) in [5.41, 5.74) is 0. The van der Waals surface area contributed by atoms with E-state index >= 15 is 0 Å². The first-order valence-corrected chi connectivity index (χ1v) is 4.59. The fourth-order valence-electron chi connectivity index (χ4n) is 2.05. The van der Waals surface area contributed by atoms with Crippen LogP contribution >= 0.6 is 0 Å². The molecule has 0 radical (unpaired) electrons. The quantitative estimate of drug-likeness (QED) is 0.621. The maximum Gasteiger partial charge on any atom is 0.393 e. The second-order valence-electron chi connectivity index (χ2n) is 4.23. The fraction of sp³-hybridized carbons (Fsp3) is 1.00. The molecule has 1 rings (SSSR count). The van der Waals surface area contributed by atoms with E-state index in [1.165, 1.54) is 0 Å². The highest BCUT2D eigenvalue weighted by Crippen LogP contribution is 2.37. The van der Waals surface area contributed by atoms with Crippen LogP contribution in [0.5, 0.6) is 0 Å². The predicted octanol–water partition coefficient (Wildman–Crippen LogP) is 2.53. The Bertz CT molecular complexity index is 176. The van der Waals surface area contributed by atoms with Gasteiger partial charge in [0.15, 0.2) is 0 Å². The highest BCUT2D eigenvalue weighted by atomic mass is 19.4. The molecule has 0 amide bonds. The van der Waals surface area contributed by atoms with Gasteiger partial charge in [-0.05, 0) is 19.4 Å². The maximum absolute atomic E-state index is 12.3. The molecule has 0 aromatic carbocycles. The number of likely N-dealkylation sites (tertiary alicyclic amines) is 1. The molecule has 0 spiro atoms. The van der Waals surface area contributed by atoms with E-state index in [0.29, 0.717) is 5.92 Å². The Morgan fingerprint density at radius 3 is 2.08 bits per heavy atom. The average Bonchev–Trinajstić information content (AvgIpc) is 2.29. The maximum atomic E-state index is 12.3. The fourth-order valence-corrected chi connectivity index (χ4v) is 2.05. The van der Waals surface area contributed by atoms with Crippen molar-refractivity contribution in [3.63, 3.8) is 0 Å². The van der Waals surface area contributed by atoms with Crippen LogP contribution in [0, 0.1) is 11.8 Å². The van der Waals surface area contributed by atoms with E-state index < -0.39 is 12.1 Å². The van der Waals surface area contributed by atoms with Crippen molar-refractivity contribution in [2.24, 2.45) is 11.8 Å². The zero-order chi connectivity index (χ0) is 10.2. The predicted molar refractivity (Wildman–Crippen MR) is 45.4 cm³/mol. The van der Waals surface area contributed by atoms with Crippen LogP contribution in [-0.4, -0.2) is 30.7 Å². The number of nitrogens with zero attached hydrogens (tertiary/aromatic N) is 1. The number of halogens is 3. The van der Waals surface area contributed by atoms with E-state index in [9.17, 15) is 13.2 Å². The molecule has 78 valence electrons. The standard InChI is InChI=1S/C9H16F3N/c1-6(2)8-4-7(5-13(8)3)9(10,11)12/h6-8H,4-5H2,1-3H3/t7-,8+/m0/s1. The van der Waals surface area contributed by atoms with Crippen molar-refractivity contribution in [3.8, 4) is 0 Å². The van der Waals surface area contributed by atoms with Crippen molar-refractivity contribution in [2.45, 2.75) is 32.5 Å². The average molecular weight is 195 g/mol. The lowest BCUT2D eigenvalue weighted by Gasteiger charge is -2.22. The lowest BCUT2D eigenvalue weighted by Crippen LogP contribution is -2.29. The molecular weight excluding hydrogens is 179 g/mol. The molecule has 1 saturated heterocycles. The molecule has 1 aliphatic heterocycles. The van der Waals surface area contributed by atoms with Gasteiger partial charge in [-0.3, -0.25) is 0 Å². The molecule has 0 unspecified atom stereocenters. The largest absolute Gasteiger partial charge is 0.393 e. The molecule has 0 aromatic heterocycles. The monoisotopic (exact) mass is 195 g/mol. The van der Waals surface area contributed by atoms with Crippen molar-refractivity contribution >= 4 is 0 Å². The summed E-state index contributed by atoms with van der Waals surface area (Å²) >= 11 is 0. The lowest BCUT2D eigenvalue weighted by atomic mass is 9.97. The van der Waals surface area contributed by atoms with E-state index in [0.717, 1.165) is 0 Å². The minimum Gasteiger partial charge on any atom is -0.303 e. The van der Waals surface area contributed by atoms with Crippen LogP contribution in [0.15, 0.2) is 0 Å². The van der Waals surface area contributed by atoms with Crippen molar-refractivity contribution in [3.05, 3.63) is 0 Å². The number of hydrogen-bond acceptors (Lipinski definition) is 1. The van der Waals surface area contributed by atoms with E-state index in [-0.39, 0.29) is 19.0 Å². The van der Waals surface area contributed by atoms with Gasteiger partial charge in [0.25, 0.3) is 0 Å². The van der Waals surface area contributed by atoms with Gasteiger partial charge in [-0.2, -0.15) is 13.2 Å². The molecule has 1 nitrogen and oxygen atoms in total. The van der Waals surface area contributed by atoms with Crippen molar-refractivity contribution in [1.82, 2.24) is 4.90 Å². The molecular formula is C9H16F3N. The Labute approximate surface area is 76.9 Å². The summed E-state index contributed by atoms with van der Waals surface area (Å²) in [4.78, 5) is 1.82. The summed E-state index contributed by atoms with van der Waals surface area (Å²) in [5, 5.41) is 0. The van der Waals surface area contributed by atoms with Gasteiger partial charge in [-0.25, -0.2) is 0 Å². The van der Waals surface area contributed by atoms with Crippen molar-refractivity contribution < 1.29 is 13.2 Å². The smallest absolute Gasteiger partial charge is 0.303 e. The second kappa shape index (κ2) is 3.48. The lowest BCUT2D eigenvalue weighted by molar-refractivity contribution is -0.170. The molecule has 2 atom stereocenters. The first-order valence-electron chi connectivity index (χ1n) is 4.59. The van der Waals surface area contributed by atoms with Crippen molar-refractivity contribution in [2.75, 3.05) is 13.6 Å². The van der Waals surface area contributed by atoms with Crippen molar-refractivity contribution in [1.29, 1.82) is 0 Å². The number of hydrogen-bond donors (Lipinski definition) is 0. The third-order valence-corrected chi connectivity index (χ3v) is 2.83. The molecule has 1 heterocycles. The highest BCUT2D eigenvalue weighted by Gasteiger charge is 2.46. The molecule has 0 aromatic rings. The Kier molecular flexibility index (Phi) is 2.90. The molecule has 1 aliphatic rings. The van der Waals surface area contributed by atoms with Gasteiger partial charge >= 0.3 is 6.18 Å². The van der Waals surface area contributed by atoms with Crippen LogP contribution in [0.25, 0.3) is 0 Å². The third-order valence-electron chi connectivity index (χ3n) is 2.83. The second-order valence-corrected chi connectivity index (χ2v) is 4.23. The first kappa shape index (κ1) is 10.8. The van der Waals surface area contributed by atoms with Crippen LogP contribution < -0.4 is 0 Å². The van der Waals surface area contributed by atoms with Crippen LogP contribution in [0.1, 0.15) is 20.3 Å². The summed E-state index contributed by atoms with van der Waals surface area (Å²) in [6.45, 7) is 4.10. The normalized spacial score (nSPS) is 31.6. The van der Waals surface area contributed by atoms with Crippen LogP contribution in [0.4, 0.5) is 13.2 Å². The topological polar surface area (TPSA) is 3.24 Å². The minimum absolute atomic E-state index is 0.0895. The van der Waals surface area contributed by atoms with Gasteiger partial charge in [-0.1, -0.05) is 13.8 Å². The van der Waals surface area contributed by atoms with Crippen LogP contribution in [-0.2, 0) is 0 Å². The molecule has 0 saturated carbocycles. The molecule has 0 bridgehead atoms. The molecule has 0 aliphatic carbocycles. The SMILES string of the molecule is CC(C)[C@H]1C[C@H](C(F)(F)F)CN1C. The van der Waals surface area contributed by atoms with E-state index in [1.807, 2.05) is 18.7 Å². The Morgan fingerprint density at radius 2 is 1.85 bits per heavy atom. The van der Waals surface area contributed by atoms with Crippen LogP contribution in [0.2, 0.25) is 0 Å². The van der Waals surface area contributed by atoms with Gasteiger partial charge in [0.1, 0.15) is 0 Å². The van der Waals surface area contributed by atoms with Crippen LogP contribution in [0.3, 0.4) is 0 Å². The zero-order valence-electron chi connectivity index (χ0n) is 8.23. The van der Waals surface area contributed by atoms with Gasteiger partial charge in [-0.15, -0.1) is 0 Å². The zero-order valence-corrected chi connectivity index (χ0v) is 8.23. The molecule has 1 fully saturated rings. The van der Waals surface area contributed by atoms with E-state index in [1.54, 1.807) is 7.05 Å². The summed E-state index contributed by atoms with van der Waals surface area (Å²) in [7, 11) is 1.77. The Hall–Kier alpha value is -0.250. The molecule has 13 heavy (non-hydrogen) atoms. The van der Waals surface area contributed by atoms with Gasteiger partial charge in [0.05, 0.1) is 5.92 Å². The third kappa shape index (κ3) is 2.36. The Morgan fingerprint density at radius 1 is 1.31 bits per heavy atom. The highest BCUT2D eigenvalue weighted by molar-refractivity contribution is 4.88. The summed E-state index contributed by atoms with van der Waals surface area (Å²) in [6, 6.07) is 0.0895. The summed E-state index contributed by atoms with van der Waals surface area (Å²) in [5.74, 6) is -0.817. The molecule has 0 N–H and O–H groups in total. The molecule has 4 heteroatoms. The number of alkyl halides is 3. The van der Waals surface area contributed by atoms with E-state index in [4.69, 9.17) is 0 Å². The van der Waals surface area contributed by atoms with E-state index in [2.05, 4.69) is 0 Å². The van der Waals surface area contributed by atoms with Gasteiger partial charge < -0.3 is 4.90 Å². The summed E-state index contributed by atoms with van der Waals surface area (Å²) in [6.07, 6.45) is -3.75. The van der Waals surface area contributed by atoms with Gasteiger partial charge in [0, 0.05) is 12.6 Å². The number of rotatable bonds is 1. The first-order chi connectivity index (χ1) is 5.82.